The van der Waals surface area contributed by atoms with Gasteiger partial charge in [-0.2, -0.15) is 0 Å². The van der Waals surface area contributed by atoms with Gasteiger partial charge in [-0.3, -0.25) is 4.79 Å². The minimum absolute atomic E-state index is 0.108. The molecule has 22 heavy (non-hydrogen) atoms. The first kappa shape index (κ1) is 15.2. The number of likely N-dealkylation sites (N-methyl/N-ethyl adjacent to an activating group) is 1. The molecule has 114 valence electrons. The van der Waals surface area contributed by atoms with Crippen LogP contribution in [-0.2, 0) is 4.79 Å². The Morgan fingerprint density at radius 2 is 1.82 bits per heavy atom. The minimum atomic E-state index is -0.323. The lowest BCUT2D eigenvalue weighted by Gasteiger charge is -2.35. The molecule has 0 radical (unpaired) electrons. The van der Waals surface area contributed by atoms with Crippen molar-refractivity contribution >= 4 is 17.4 Å². The highest BCUT2D eigenvalue weighted by Crippen LogP contribution is 2.35. The van der Waals surface area contributed by atoms with Crippen LogP contribution in [0.1, 0.15) is 23.0 Å². The first-order chi connectivity index (χ1) is 10.6. The van der Waals surface area contributed by atoms with E-state index in [2.05, 4.69) is 4.90 Å². The molecule has 0 N–H and O–H groups in total. The Balaban J connectivity index is 1.97. The standard InChI is InChI=1S/C18H17ClFNO/c1-21-10-15(12-5-4-6-13(20)9-12)18(22)16(11-21)14-7-2-3-8-17(14)19/h2-9,15-16H,10-11H2,1H3. The summed E-state index contributed by atoms with van der Waals surface area (Å²) in [5.41, 5.74) is 1.58. The second kappa shape index (κ2) is 6.19. The number of ketones is 1. The van der Waals surface area contributed by atoms with E-state index in [4.69, 9.17) is 11.6 Å². The molecule has 2 aromatic rings. The summed E-state index contributed by atoms with van der Waals surface area (Å²) in [5.74, 6) is -0.805. The predicted octanol–water partition coefficient (Wildman–Crippen LogP) is 3.86. The third-order valence-corrected chi connectivity index (χ3v) is 4.55. The number of rotatable bonds is 2. The molecule has 2 aromatic carbocycles. The molecule has 0 spiro atoms. The Morgan fingerprint density at radius 1 is 1.09 bits per heavy atom. The SMILES string of the molecule is CN1CC(c2cccc(F)c2)C(=O)C(c2ccccc2Cl)C1. The molecule has 1 fully saturated rings. The number of Topliss-reactive ketones (excluding diaryl/α,β-unsaturated/α-hetero) is 1. The average Bonchev–Trinajstić information content (AvgIpc) is 2.50. The normalized spacial score (nSPS) is 22.8. The number of hydrogen-bond acceptors (Lipinski definition) is 2. The van der Waals surface area contributed by atoms with E-state index in [9.17, 15) is 9.18 Å². The minimum Gasteiger partial charge on any atom is -0.304 e. The zero-order valence-electron chi connectivity index (χ0n) is 12.3. The van der Waals surface area contributed by atoms with Gasteiger partial charge >= 0.3 is 0 Å². The topological polar surface area (TPSA) is 20.3 Å². The van der Waals surface area contributed by atoms with Crippen molar-refractivity contribution in [2.45, 2.75) is 11.8 Å². The van der Waals surface area contributed by atoms with Crippen LogP contribution in [0.5, 0.6) is 0 Å². The van der Waals surface area contributed by atoms with Crippen LogP contribution in [0.25, 0.3) is 0 Å². The van der Waals surface area contributed by atoms with E-state index < -0.39 is 0 Å². The molecule has 1 saturated heterocycles. The lowest BCUT2D eigenvalue weighted by molar-refractivity contribution is -0.124. The summed E-state index contributed by atoms with van der Waals surface area (Å²) in [7, 11) is 1.97. The summed E-state index contributed by atoms with van der Waals surface area (Å²) in [6.45, 7) is 1.23. The van der Waals surface area contributed by atoms with Gasteiger partial charge < -0.3 is 4.90 Å². The van der Waals surface area contributed by atoms with Crippen molar-refractivity contribution in [1.82, 2.24) is 4.90 Å². The van der Waals surface area contributed by atoms with Crippen molar-refractivity contribution in [3.63, 3.8) is 0 Å². The van der Waals surface area contributed by atoms with Crippen LogP contribution >= 0.6 is 11.6 Å². The van der Waals surface area contributed by atoms with Gasteiger partial charge in [0.1, 0.15) is 11.6 Å². The van der Waals surface area contributed by atoms with Gasteiger partial charge in [-0.15, -0.1) is 0 Å². The summed E-state index contributed by atoms with van der Waals surface area (Å²) < 4.78 is 13.5. The van der Waals surface area contributed by atoms with Gasteiger partial charge in [0.2, 0.25) is 0 Å². The number of likely N-dealkylation sites (tertiary alicyclic amines) is 1. The van der Waals surface area contributed by atoms with Gasteiger partial charge in [0.25, 0.3) is 0 Å². The van der Waals surface area contributed by atoms with Crippen molar-refractivity contribution in [3.05, 3.63) is 70.5 Å². The molecule has 0 aromatic heterocycles. The highest BCUT2D eigenvalue weighted by atomic mass is 35.5. The van der Waals surface area contributed by atoms with Crippen molar-refractivity contribution in [3.8, 4) is 0 Å². The van der Waals surface area contributed by atoms with Crippen LogP contribution in [0.4, 0.5) is 4.39 Å². The van der Waals surface area contributed by atoms with Gasteiger partial charge in [0, 0.05) is 18.1 Å². The van der Waals surface area contributed by atoms with Crippen molar-refractivity contribution < 1.29 is 9.18 Å². The maximum Gasteiger partial charge on any atom is 0.150 e. The maximum absolute atomic E-state index is 13.5. The smallest absolute Gasteiger partial charge is 0.150 e. The zero-order chi connectivity index (χ0) is 15.7. The molecule has 0 aliphatic carbocycles. The number of nitrogens with zero attached hydrogens (tertiary/aromatic N) is 1. The lowest BCUT2D eigenvalue weighted by atomic mass is 9.80. The van der Waals surface area contributed by atoms with E-state index in [0.717, 1.165) is 11.1 Å². The zero-order valence-corrected chi connectivity index (χ0v) is 13.1. The fourth-order valence-electron chi connectivity index (χ4n) is 3.12. The Labute approximate surface area is 134 Å². The summed E-state index contributed by atoms with van der Waals surface area (Å²) in [6, 6.07) is 13.7. The molecule has 0 amide bonds. The fourth-order valence-corrected chi connectivity index (χ4v) is 3.39. The maximum atomic E-state index is 13.5. The number of hydrogen-bond donors (Lipinski definition) is 0. The Bertz CT molecular complexity index is 703. The number of halogens is 2. The number of piperidine rings is 1. The summed E-state index contributed by atoms with van der Waals surface area (Å²) in [5, 5.41) is 0.606. The van der Waals surface area contributed by atoms with Crippen LogP contribution in [0, 0.1) is 5.82 Å². The molecule has 2 nitrogen and oxygen atoms in total. The van der Waals surface area contributed by atoms with E-state index in [-0.39, 0.29) is 23.4 Å². The molecule has 1 heterocycles. The number of benzene rings is 2. The Morgan fingerprint density at radius 3 is 2.55 bits per heavy atom. The molecule has 0 saturated carbocycles. The average molecular weight is 318 g/mol. The van der Waals surface area contributed by atoms with Gasteiger partial charge in [-0.1, -0.05) is 41.9 Å². The van der Waals surface area contributed by atoms with Gasteiger partial charge in [-0.25, -0.2) is 4.39 Å². The number of carbonyl (C=O) groups is 1. The molecular formula is C18H17ClFNO. The highest BCUT2D eigenvalue weighted by Gasteiger charge is 2.36. The van der Waals surface area contributed by atoms with E-state index >= 15 is 0 Å². The second-order valence-electron chi connectivity index (χ2n) is 5.81. The summed E-state index contributed by atoms with van der Waals surface area (Å²) in [6.07, 6.45) is 0. The van der Waals surface area contributed by atoms with Gasteiger partial charge in [0.05, 0.1) is 11.8 Å². The van der Waals surface area contributed by atoms with Crippen LogP contribution in [-0.4, -0.2) is 30.8 Å². The van der Waals surface area contributed by atoms with E-state index in [0.29, 0.717) is 18.1 Å². The monoisotopic (exact) mass is 317 g/mol. The van der Waals surface area contributed by atoms with Crippen molar-refractivity contribution in [2.24, 2.45) is 0 Å². The van der Waals surface area contributed by atoms with E-state index in [1.807, 2.05) is 31.3 Å². The molecule has 1 aliphatic rings. The molecule has 2 unspecified atom stereocenters. The number of carbonyl (C=O) groups excluding carboxylic acids is 1. The van der Waals surface area contributed by atoms with E-state index in [1.54, 1.807) is 12.1 Å². The summed E-state index contributed by atoms with van der Waals surface area (Å²) >= 11 is 6.26. The third-order valence-electron chi connectivity index (χ3n) is 4.21. The quantitative estimate of drug-likeness (QED) is 0.838. The molecule has 0 bridgehead atoms. The second-order valence-corrected chi connectivity index (χ2v) is 6.21. The lowest BCUT2D eigenvalue weighted by Crippen LogP contribution is -2.42. The largest absolute Gasteiger partial charge is 0.304 e. The third kappa shape index (κ3) is 2.92. The van der Waals surface area contributed by atoms with Crippen molar-refractivity contribution in [1.29, 1.82) is 0 Å². The molecule has 2 atom stereocenters. The summed E-state index contributed by atoms with van der Waals surface area (Å²) in [4.78, 5) is 15.0. The van der Waals surface area contributed by atoms with Crippen LogP contribution in [0.3, 0.4) is 0 Å². The van der Waals surface area contributed by atoms with Gasteiger partial charge in [-0.05, 0) is 36.4 Å². The molecule has 4 heteroatoms. The van der Waals surface area contributed by atoms with Crippen LogP contribution in [0.2, 0.25) is 5.02 Å². The Hall–Kier alpha value is -1.71. The van der Waals surface area contributed by atoms with Crippen LogP contribution in [0.15, 0.2) is 48.5 Å². The van der Waals surface area contributed by atoms with Gasteiger partial charge in [0.15, 0.2) is 0 Å². The first-order valence-corrected chi connectivity index (χ1v) is 7.66. The van der Waals surface area contributed by atoms with Crippen molar-refractivity contribution in [2.75, 3.05) is 20.1 Å². The molecule has 1 aliphatic heterocycles. The molecule has 3 rings (SSSR count). The Kier molecular flexibility index (Phi) is 4.27. The molecular weight excluding hydrogens is 301 g/mol. The highest BCUT2D eigenvalue weighted by molar-refractivity contribution is 6.31. The van der Waals surface area contributed by atoms with Crippen LogP contribution < -0.4 is 0 Å². The fraction of sp³-hybridized carbons (Fsp3) is 0.278. The van der Waals surface area contributed by atoms with E-state index in [1.165, 1.54) is 12.1 Å². The predicted molar refractivity (Wildman–Crippen MR) is 85.8 cm³/mol. The first-order valence-electron chi connectivity index (χ1n) is 7.28.